The molecule has 11 nitrogen and oxygen atoms in total. The van der Waals surface area contributed by atoms with Crippen LogP contribution in [0, 0.1) is 10.1 Å². The molecule has 2 aromatic rings. The molecule has 0 atom stereocenters. The van der Waals surface area contributed by atoms with Crippen molar-refractivity contribution in [1.82, 2.24) is 15.2 Å². The van der Waals surface area contributed by atoms with Gasteiger partial charge in [-0.05, 0) is 24.6 Å². The van der Waals surface area contributed by atoms with Gasteiger partial charge in [-0.1, -0.05) is 0 Å². The topological polar surface area (TPSA) is 149 Å². The minimum absolute atomic E-state index is 0.00361. The Bertz CT molecular complexity index is 1080. The van der Waals surface area contributed by atoms with Gasteiger partial charge in [-0.2, -0.15) is 0 Å². The van der Waals surface area contributed by atoms with Crippen LogP contribution in [0.15, 0.2) is 36.5 Å². The fraction of sp³-hybridized carbons (Fsp3) is 0.250. The number of amides is 3. The summed E-state index contributed by atoms with van der Waals surface area (Å²) in [5.41, 5.74) is 0.605. The molecular weight excluding hydrogens is 408 g/mol. The Morgan fingerprint density at radius 2 is 1.90 bits per heavy atom. The lowest BCUT2D eigenvalue weighted by atomic mass is 10.1. The molecule has 11 heteroatoms. The lowest BCUT2D eigenvalue weighted by Crippen LogP contribution is -2.32. The third-order valence-corrected chi connectivity index (χ3v) is 4.65. The molecule has 0 fully saturated rings. The molecular formula is C20H18N4O7. The summed E-state index contributed by atoms with van der Waals surface area (Å²) in [5.74, 6) is -1.99. The number of nitro benzene ring substituents is 1. The number of hydrogen-bond acceptors (Lipinski definition) is 8. The molecule has 1 aliphatic rings. The lowest BCUT2D eigenvalue weighted by Gasteiger charge is -2.13. The third-order valence-electron chi connectivity index (χ3n) is 4.65. The maximum Gasteiger partial charge on any atom is 0.337 e. The van der Waals surface area contributed by atoms with Gasteiger partial charge in [0.2, 0.25) is 5.91 Å². The molecule has 1 aliphatic heterocycles. The van der Waals surface area contributed by atoms with E-state index in [1.54, 1.807) is 0 Å². The summed E-state index contributed by atoms with van der Waals surface area (Å²) < 4.78 is 4.63. The van der Waals surface area contributed by atoms with E-state index in [2.05, 4.69) is 15.0 Å². The van der Waals surface area contributed by atoms with Gasteiger partial charge in [0, 0.05) is 31.3 Å². The molecule has 0 unspecified atom stereocenters. The van der Waals surface area contributed by atoms with E-state index in [-0.39, 0.29) is 48.7 Å². The number of ether oxygens (including phenoxy) is 1. The fourth-order valence-electron chi connectivity index (χ4n) is 3.09. The average molecular weight is 426 g/mol. The van der Waals surface area contributed by atoms with Crippen LogP contribution in [0.2, 0.25) is 0 Å². The summed E-state index contributed by atoms with van der Waals surface area (Å²) >= 11 is 0. The van der Waals surface area contributed by atoms with Crippen LogP contribution < -0.4 is 5.32 Å². The van der Waals surface area contributed by atoms with Gasteiger partial charge in [0.1, 0.15) is 0 Å². The maximum atomic E-state index is 12.4. The van der Waals surface area contributed by atoms with Crippen molar-refractivity contribution in [3.05, 3.63) is 69.0 Å². The molecule has 0 aliphatic carbocycles. The van der Waals surface area contributed by atoms with E-state index in [0.717, 1.165) is 11.0 Å². The minimum Gasteiger partial charge on any atom is -0.465 e. The van der Waals surface area contributed by atoms with Gasteiger partial charge >= 0.3 is 5.97 Å². The number of nitro groups is 1. The maximum absolute atomic E-state index is 12.4. The molecule has 3 rings (SSSR count). The van der Waals surface area contributed by atoms with Gasteiger partial charge in [0.25, 0.3) is 17.5 Å². The molecule has 160 valence electrons. The molecule has 31 heavy (non-hydrogen) atoms. The molecule has 3 amide bonds. The summed E-state index contributed by atoms with van der Waals surface area (Å²) in [7, 11) is 1.26. The summed E-state index contributed by atoms with van der Waals surface area (Å²) in [6, 6.07) is 6.51. The SMILES string of the molecule is COC(=O)c1ccnc(CNC(=O)CCCN2C(=O)c3ccc([N+](=O)[O-])cc3C2=O)c1. The number of carbonyl (C=O) groups is 4. The highest BCUT2D eigenvalue weighted by Crippen LogP contribution is 2.27. The Labute approximate surface area is 176 Å². The molecule has 0 radical (unpaired) electrons. The number of methoxy groups -OCH3 is 1. The zero-order valence-corrected chi connectivity index (χ0v) is 16.5. The van der Waals surface area contributed by atoms with E-state index in [9.17, 15) is 29.3 Å². The zero-order valence-electron chi connectivity index (χ0n) is 16.5. The van der Waals surface area contributed by atoms with E-state index in [4.69, 9.17) is 0 Å². The van der Waals surface area contributed by atoms with Gasteiger partial charge in [-0.25, -0.2) is 4.79 Å². The normalized spacial score (nSPS) is 12.5. The van der Waals surface area contributed by atoms with Gasteiger partial charge in [0.05, 0.1) is 41.0 Å². The number of benzene rings is 1. The number of hydrogen-bond donors (Lipinski definition) is 1. The standard InChI is InChI=1S/C20H18N4O7/c1-31-20(28)12-6-7-21-13(9-12)11-22-17(25)3-2-8-23-18(26)15-5-4-14(24(29)30)10-16(15)19(23)27/h4-7,9-10H,2-3,8,11H2,1H3,(H,22,25). The van der Waals surface area contributed by atoms with Crippen molar-refractivity contribution >= 4 is 29.4 Å². The number of esters is 1. The van der Waals surface area contributed by atoms with Gasteiger partial charge in [0.15, 0.2) is 0 Å². The highest BCUT2D eigenvalue weighted by Gasteiger charge is 2.36. The molecule has 1 aromatic heterocycles. The second-order valence-corrected chi connectivity index (χ2v) is 6.66. The average Bonchev–Trinajstić information content (AvgIpc) is 3.01. The number of imide groups is 1. The largest absolute Gasteiger partial charge is 0.465 e. The highest BCUT2D eigenvalue weighted by molar-refractivity contribution is 6.21. The van der Waals surface area contributed by atoms with E-state index in [1.165, 1.54) is 37.6 Å². The van der Waals surface area contributed by atoms with Crippen LogP contribution in [0.5, 0.6) is 0 Å². The monoisotopic (exact) mass is 426 g/mol. The lowest BCUT2D eigenvalue weighted by molar-refractivity contribution is -0.384. The van der Waals surface area contributed by atoms with E-state index in [0.29, 0.717) is 11.3 Å². The number of pyridine rings is 1. The number of carbonyl (C=O) groups excluding carboxylic acids is 4. The Hall–Kier alpha value is -4.15. The molecule has 1 N–H and O–H groups in total. The van der Waals surface area contributed by atoms with Crippen molar-refractivity contribution in [3.63, 3.8) is 0 Å². The van der Waals surface area contributed by atoms with Gasteiger partial charge < -0.3 is 10.1 Å². The van der Waals surface area contributed by atoms with Crippen molar-refractivity contribution in [2.45, 2.75) is 19.4 Å². The number of nitrogens with one attached hydrogen (secondary N) is 1. The Morgan fingerprint density at radius 1 is 1.16 bits per heavy atom. The molecule has 2 heterocycles. The number of non-ortho nitro benzene ring substituents is 1. The molecule has 1 aromatic carbocycles. The first-order chi connectivity index (χ1) is 14.8. The first kappa shape index (κ1) is 21.6. The van der Waals surface area contributed by atoms with Crippen LogP contribution in [0.4, 0.5) is 5.69 Å². The van der Waals surface area contributed by atoms with Crippen LogP contribution >= 0.6 is 0 Å². The van der Waals surface area contributed by atoms with Crippen molar-refractivity contribution in [1.29, 1.82) is 0 Å². The minimum atomic E-state index is -0.638. The van der Waals surface area contributed by atoms with E-state index < -0.39 is 22.7 Å². The molecule has 0 bridgehead atoms. The van der Waals surface area contributed by atoms with Crippen molar-refractivity contribution in [2.24, 2.45) is 0 Å². The Kier molecular flexibility index (Phi) is 6.34. The first-order valence-corrected chi connectivity index (χ1v) is 9.26. The number of aromatic nitrogens is 1. The fourth-order valence-corrected chi connectivity index (χ4v) is 3.09. The second-order valence-electron chi connectivity index (χ2n) is 6.66. The van der Waals surface area contributed by atoms with Crippen LogP contribution in [0.1, 0.15) is 49.6 Å². The quantitative estimate of drug-likeness (QED) is 0.289. The van der Waals surface area contributed by atoms with Crippen molar-refractivity contribution < 1.29 is 28.8 Å². The number of fused-ring (bicyclic) bond motifs is 1. The second kappa shape index (κ2) is 9.11. The predicted octanol–water partition coefficient (Wildman–Crippen LogP) is 1.47. The number of nitrogens with zero attached hydrogens (tertiary/aromatic N) is 3. The summed E-state index contributed by atoms with van der Waals surface area (Å²) in [4.78, 5) is 63.7. The smallest absolute Gasteiger partial charge is 0.337 e. The highest BCUT2D eigenvalue weighted by atomic mass is 16.6. The Balaban J connectivity index is 1.51. The van der Waals surface area contributed by atoms with E-state index >= 15 is 0 Å². The predicted molar refractivity (Wildman–Crippen MR) is 105 cm³/mol. The van der Waals surface area contributed by atoms with Crippen LogP contribution in [0.3, 0.4) is 0 Å². The van der Waals surface area contributed by atoms with E-state index in [1.807, 2.05) is 0 Å². The Morgan fingerprint density at radius 3 is 2.61 bits per heavy atom. The zero-order chi connectivity index (χ0) is 22.5. The summed E-state index contributed by atoms with van der Waals surface area (Å²) in [5, 5.41) is 13.5. The number of rotatable bonds is 8. The summed E-state index contributed by atoms with van der Waals surface area (Å²) in [6.45, 7) is 0.101. The van der Waals surface area contributed by atoms with Crippen LogP contribution in [-0.4, -0.2) is 52.2 Å². The molecule has 0 saturated heterocycles. The first-order valence-electron chi connectivity index (χ1n) is 9.26. The van der Waals surface area contributed by atoms with Gasteiger partial charge in [-0.15, -0.1) is 0 Å². The summed E-state index contributed by atoms with van der Waals surface area (Å²) in [6.07, 6.45) is 1.69. The van der Waals surface area contributed by atoms with Gasteiger partial charge in [-0.3, -0.25) is 34.4 Å². The van der Waals surface area contributed by atoms with Crippen molar-refractivity contribution in [2.75, 3.05) is 13.7 Å². The van der Waals surface area contributed by atoms with Crippen LogP contribution in [-0.2, 0) is 16.1 Å². The molecule has 0 saturated carbocycles. The molecule has 0 spiro atoms. The third kappa shape index (κ3) is 4.71. The van der Waals surface area contributed by atoms with Crippen LogP contribution in [0.25, 0.3) is 0 Å². The van der Waals surface area contributed by atoms with Crippen molar-refractivity contribution in [3.8, 4) is 0 Å².